The maximum absolute atomic E-state index is 6.45. The molecule has 0 atom stereocenters. The van der Waals surface area contributed by atoms with Crippen LogP contribution in [0, 0.1) is 13.8 Å². The molecule has 0 aliphatic heterocycles. The zero-order valence-corrected chi connectivity index (χ0v) is 22.2. The van der Waals surface area contributed by atoms with Crippen LogP contribution in [-0.4, -0.2) is 0 Å². The molecule has 0 radical (unpaired) electrons. The first-order valence-corrected chi connectivity index (χ1v) is 13.4. The third-order valence-electron chi connectivity index (χ3n) is 7.85. The largest absolute Gasteiger partial charge is 0.455 e. The van der Waals surface area contributed by atoms with E-state index in [0.29, 0.717) is 0 Å². The first kappa shape index (κ1) is 23.3. The van der Waals surface area contributed by atoms with Gasteiger partial charge < -0.3 is 4.42 Å². The zero-order chi connectivity index (χ0) is 26.5. The molecule has 0 fully saturated rings. The molecule has 6 aromatic carbocycles. The molecule has 1 heteroatoms. The van der Waals surface area contributed by atoms with Crippen LogP contribution in [0.1, 0.15) is 16.7 Å². The Labute approximate surface area is 228 Å². The summed E-state index contributed by atoms with van der Waals surface area (Å²) in [6.07, 6.45) is 1.93. The van der Waals surface area contributed by atoms with Crippen molar-refractivity contribution in [3.05, 3.63) is 139 Å². The van der Waals surface area contributed by atoms with Crippen LogP contribution in [0.25, 0.3) is 72.2 Å². The fourth-order valence-corrected chi connectivity index (χ4v) is 6.02. The van der Waals surface area contributed by atoms with E-state index < -0.39 is 0 Å². The zero-order valence-electron chi connectivity index (χ0n) is 22.2. The van der Waals surface area contributed by atoms with Crippen LogP contribution in [-0.2, 0) is 0 Å². The summed E-state index contributed by atoms with van der Waals surface area (Å²) in [5.74, 6) is 0.875. The third kappa shape index (κ3) is 3.70. The number of hydrogen-bond donors (Lipinski definition) is 0. The van der Waals surface area contributed by atoms with Crippen molar-refractivity contribution >= 4 is 38.6 Å². The molecule has 7 aromatic rings. The average Bonchev–Trinajstić information content (AvgIpc) is 3.34. The Kier molecular flexibility index (Phi) is 5.45. The highest BCUT2D eigenvalue weighted by molar-refractivity contribution is 6.22. The van der Waals surface area contributed by atoms with Crippen molar-refractivity contribution in [2.45, 2.75) is 13.8 Å². The molecule has 1 nitrogen and oxygen atoms in total. The second-order valence-corrected chi connectivity index (χ2v) is 10.3. The van der Waals surface area contributed by atoms with Crippen molar-refractivity contribution in [1.82, 2.24) is 0 Å². The van der Waals surface area contributed by atoms with E-state index >= 15 is 0 Å². The maximum atomic E-state index is 6.45. The fourth-order valence-electron chi connectivity index (χ4n) is 6.02. The number of furan rings is 1. The van der Waals surface area contributed by atoms with Crippen LogP contribution in [0.15, 0.2) is 126 Å². The summed E-state index contributed by atoms with van der Waals surface area (Å²) in [6, 6.07) is 41.3. The van der Waals surface area contributed by atoms with Crippen LogP contribution in [0.2, 0.25) is 0 Å². The van der Waals surface area contributed by atoms with Crippen molar-refractivity contribution in [2.75, 3.05) is 0 Å². The SMILES string of the molecule is C=Cc1c(-c2ccccc2C)oc2ccc(-c3c4ccccc4c(-c4ccccc4)c4ccc(C)cc34)cc12. The van der Waals surface area contributed by atoms with E-state index in [2.05, 4.69) is 136 Å². The number of fused-ring (bicyclic) bond motifs is 3. The van der Waals surface area contributed by atoms with Crippen LogP contribution < -0.4 is 0 Å². The van der Waals surface area contributed by atoms with Crippen molar-refractivity contribution in [1.29, 1.82) is 0 Å². The smallest absolute Gasteiger partial charge is 0.142 e. The highest BCUT2D eigenvalue weighted by Gasteiger charge is 2.19. The van der Waals surface area contributed by atoms with Crippen molar-refractivity contribution in [3.8, 4) is 33.6 Å². The Morgan fingerprint density at radius 1 is 0.564 bits per heavy atom. The highest BCUT2D eigenvalue weighted by atomic mass is 16.3. The lowest BCUT2D eigenvalue weighted by Crippen LogP contribution is -1.91. The second-order valence-electron chi connectivity index (χ2n) is 10.3. The minimum Gasteiger partial charge on any atom is -0.455 e. The van der Waals surface area contributed by atoms with Gasteiger partial charge in [-0.25, -0.2) is 0 Å². The Morgan fingerprint density at radius 3 is 1.97 bits per heavy atom. The summed E-state index contributed by atoms with van der Waals surface area (Å²) in [7, 11) is 0. The molecule has 1 heterocycles. The van der Waals surface area contributed by atoms with Gasteiger partial charge in [-0.15, -0.1) is 0 Å². The Morgan fingerprint density at radius 2 is 1.23 bits per heavy atom. The minimum atomic E-state index is 0.873. The number of benzene rings is 6. The van der Waals surface area contributed by atoms with Crippen molar-refractivity contribution < 1.29 is 4.42 Å². The first-order chi connectivity index (χ1) is 19.1. The van der Waals surface area contributed by atoms with Gasteiger partial charge in [0.25, 0.3) is 0 Å². The third-order valence-corrected chi connectivity index (χ3v) is 7.85. The molecule has 0 aliphatic carbocycles. The summed E-state index contributed by atoms with van der Waals surface area (Å²) in [6.45, 7) is 8.46. The first-order valence-electron chi connectivity index (χ1n) is 13.4. The average molecular weight is 501 g/mol. The molecule has 39 heavy (non-hydrogen) atoms. The Bertz CT molecular complexity index is 2040. The monoisotopic (exact) mass is 500 g/mol. The molecule has 1 aromatic heterocycles. The van der Waals surface area contributed by atoms with E-state index in [4.69, 9.17) is 4.42 Å². The lowest BCUT2D eigenvalue weighted by atomic mass is 9.85. The van der Waals surface area contributed by atoms with Gasteiger partial charge in [0.05, 0.1) is 0 Å². The predicted octanol–water partition coefficient (Wildman–Crippen LogP) is 11.0. The van der Waals surface area contributed by atoms with E-state index in [-0.39, 0.29) is 0 Å². The molecule has 186 valence electrons. The van der Waals surface area contributed by atoms with Gasteiger partial charge >= 0.3 is 0 Å². The number of rotatable bonds is 4. The minimum absolute atomic E-state index is 0.873. The van der Waals surface area contributed by atoms with Crippen LogP contribution in [0.4, 0.5) is 0 Å². The van der Waals surface area contributed by atoms with Gasteiger partial charge in [0, 0.05) is 16.5 Å². The van der Waals surface area contributed by atoms with Gasteiger partial charge in [-0.1, -0.05) is 121 Å². The summed E-state index contributed by atoms with van der Waals surface area (Å²) in [5, 5.41) is 6.10. The van der Waals surface area contributed by atoms with E-state index in [1.54, 1.807) is 0 Å². The molecule has 0 saturated heterocycles. The van der Waals surface area contributed by atoms with Crippen molar-refractivity contribution in [3.63, 3.8) is 0 Å². The summed E-state index contributed by atoms with van der Waals surface area (Å²) >= 11 is 0. The molecule has 0 amide bonds. The van der Waals surface area contributed by atoms with Gasteiger partial charge in [0.1, 0.15) is 11.3 Å². The topological polar surface area (TPSA) is 13.1 Å². The maximum Gasteiger partial charge on any atom is 0.142 e. The van der Waals surface area contributed by atoms with Gasteiger partial charge in [0.15, 0.2) is 0 Å². The van der Waals surface area contributed by atoms with Crippen LogP contribution in [0.5, 0.6) is 0 Å². The Balaban J connectivity index is 1.57. The highest BCUT2D eigenvalue weighted by Crippen LogP contribution is 2.45. The molecule has 0 bridgehead atoms. The van der Waals surface area contributed by atoms with E-state index in [1.807, 2.05) is 6.08 Å². The lowest BCUT2D eigenvalue weighted by molar-refractivity contribution is 0.630. The Hall–Kier alpha value is -4.88. The molecule has 0 N–H and O–H groups in total. The van der Waals surface area contributed by atoms with Crippen LogP contribution in [0.3, 0.4) is 0 Å². The fraction of sp³-hybridized carbons (Fsp3) is 0.0526. The predicted molar refractivity (Wildman–Crippen MR) is 167 cm³/mol. The molecular weight excluding hydrogens is 472 g/mol. The number of aryl methyl sites for hydroxylation is 2. The summed E-state index contributed by atoms with van der Waals surface area (Å²) in [5.41, 5.74) is 10.4. The molecule has 0 saturated carbocycles. The van der Waals surface area contributed by atoms with Gasteiger partial charge in [-0.05, 0) is 75.3 Å². The molecule has 0 spiro atoms. The normalized spacial score (nSPS) is 11.4. The quantitative estimate of drug-likeness (QED) is 0.219. The van der Waals surface area contributed by atoms with Crippen molar-refractivity contribution in [2.24, 2.45) is 0 Å². The van der Waals surface area contributed by atoms with Gasteiger partial charge in [-0.3, -0.25) is 0 Å². The van der Waals surface area contributed by atoms with Gasteiger partial charge in [-0.2, -0.15) is 0 Å². The second kappa shape index (κ2) is 9.15. The van der Waals surface area contributed by atoms with E-state index in [1.165, 1.54) is 54.9 Å². The molecular formula is C38H28O. The summed E-state index contributed by atoms with van der Waals surface area (Å²) < 4.78 is 6.45. The number of hydrogen-bond acceptors (Lipinski definition) is 1. The molecule has 0 unspecified atom stereocenters. The standard InChI is InChI=1S/C38H28O/c1-4-28-33-23-27(19-21-35(33)39-38(28)29-15-9-8-12-25(29)3)37-31-17-11-10-16-30(31)36(26-13-6-5-7-14-26)32-20-18-24(2)22-34(32)37/h4-23H,1H2,2-3H3. The van der Waals surface area contributed by atoms with E-state index in [9.17, 15) is 0 Å². The van der Waals surface area contributed by atoms with Crippen LogP contribution >= 0.6 is 0 Å². The molecule has 7 rings (SSSR count). The van der Waals surface area contributed by atoms with Gasteiger partial charge in [0.2, 0.25) is 0 Å². The summed E-state index contributed by atoms with van der Waals surface area (Å²) in [4.78, 5) is 0. The lowest BCUT2D eigenvalue weighted by Gasteiger charge is -2.18. The van der Waals surface area contributed by atoms with E-state index in [0.717, 1.165) is 27.9 Å². The molecule has 0 aliphatic rings.